The number of hydrogen-bond donors (Lipinski definition) is 3. The van der Waals surface area contributed by atoms with Crippen molar-refractivity contribution in [2.45, 2.75) is 13.1 Å². The number of aromatic amines is 1. The summed E-state index contributed by atoms with van der Waals surface area (Å²) in [6.45, 7) is 1.80. The summed E-state index contributed by atoms with van der Waals surface area (Å²) in [6.07, 6.45) is 3.95. The molecule has 0 spiro atoms. The third kappa shape index (κ3) is 2.87. The van der Waals surface area contributed by atoms with Crippen LogP contribution in [0.1, 0.15) is 11.1 Å². The second-order valence-corrected chi connectivity index (χ2v) is 3.77. The number of aromatic nitrogens is 1. The lowest BCUT2D eigenvalue weighted by Crippen LogP contribution is -2.12. The van der Waals surface area contributed by atoms with E-state index in [2.05, 4.69) is 45.9 Å². The number of hydrogen-bond acceptors (Lipinski definition) is 2. The minimum absolute atomic E-state index is 0.898. The molecule has 0 saturated heterocycles. The molecule has 0 saturated carbocycles. The molecule has 1 aromatic carbocycles. The van der Waals surface area contributed by atoms with Gasteiger partial charge in [0.2, 0.25) is 0 Å². The first-order valence-electron chi connectivity index (χ1n) is 5.47. The number of rotatable bonds is 5. The quantitative estimate of drug-likeness (QED) is 0.716. The Kier molecular flexibility index (Phi) is 3.62. The highest BCUT2D eigenvalue weighted by Crippen LogP contribution is 2.08. The van der Waals surface area contributed by atoms with Crippen LogP contribution in [0, 0.1) is 0 Å². The van der Waals surface area contributed by atoms with E-state index in [4.69, 9.17) is 0 Å². The monoisotopic (exact) mass is 215 g/mol. The summed E-state index contributed by atoms with van der Waals surface area (Å²) in [4.78, 5) is 3.05. The summed E-state index contributed by atoms with van der Waals surface area (Å²) in [5.41, 5.74) is 3.73. The van der Waals surface area contributed by atoms with Crippen molar-refractivity contribution < 1.29 is 0 Å². The molecule has 0 atom stereocenters. The van der Waals surface area contributed by atoms with Crippen LogP contribution in [0.25, 0.3) is 0 Å². The van der Waals surface area contributed by atoms with Crippen LogP contribution >= 0.6 is 0 Å². The van der Waals surface area contributed by atoms with E-state index in [0.717, 1.165) is 18.8 Å². The Bertz CT molecular complexity index is 403. The largest absolute Gasteiger partial charge is 0.388 e. The Hall–Kier alpha value is -1.74. The third-order valence-corrected chi connectivity index (χ3v) is 2.56. The Morgan fingerprint density at radius 1 is 1.00 bits per heavy atom. The van der Waals surface area contributed by atoms with E-state index < -0.39 is 0 Å². The maximum absolute atomic E-state index is 3.40. The van der Waals surface area contributed by atoms with Crippen molar-refractivity contribution >= 4 is 5.69 Å². The fraction of sp³-hybridized carbons (Fsp3) is 0.231. The number of nitrogens with one attached hydrogen (secondary N) is 3. The van der Waals surface area contributed by atoms with Gasteiger partial charge in [-0.1, -0.05) is 12.1 Å². The topological polar surface area (TPSA) is 39.8 Å². The van der Waals surface area contributed by atoms with Crippen molar-refractivity contribution in [3.8, 4) is 0 Å². The SMILES string of the molecule is CNc1ccc(CNCc2cc[nH]c2)cc1. The van der Waals surface area contributed by atoms with E-state index in [1.807, 2.05) is 19.4 Å². The average molecular weight is 215 g/mol. The van der Waals surface area contributed by atoms with Gasteiger partial charge < -0.3 is 15.6 Å². The van der Waals surface area contributed by atoms with Crippen LogP contribution in [-0.4, -0.2) is 12.0 Å². The van der Waals surface area contributed by atoms with E-state index in [9.17, 15) is 0 Å². The molecule has 0 aliphatic rings. The lowest BCUT2D eigenvalue weighted by Gasteiger charge is -2.05. The smallest absolute Gasteiger partial charge is 0.0337 e. The molecule has 0 radical (unpaired) electrons. The normalized spacial score (nSPS) is 10.3. The summed E-state index contributed by atoms with van der Waals surface area (Å²) < 4.78 is 0. The van der Waals surface area contributed by atoms with Gasteiger partial charge in [-0.3, -0.25) is 0 Å². The Labute approximate surface area is 95.9 Å². The number of benzene rings is 1. The number of anilines is 1. The molecular weight excluding hydrogens is 198 g/mol. The van der Waals surface area contributed by atoms with Crippen LogP contribution < -0.4 is 10.6 Å². The molecule has 1 heterocycles. The van der Waals surface area contributed by atoms with Crippen molar-refractivity contribution in [2.24, 2.45) is 0 Å². The maximum Gasteiger partial charge on any atom is 0.0337 e. The molecule has 0 unspecified atom stereocenters. The highest BCUT2D eigenvalue weighted by Gasteiger charge is 1.94. The van der Waals surface area contributed by atoms with Crippen LogP contribution in [0.4, 0.5) is 5.69 Å². The second kappa shape index (κ2) is 5.37. The zero-order chi connectivity index (χ0) is 11.2. The molecule has 16 heavy (non-hydrogen) atoms. The van der Waals surface area contributed by atoms with Crippen molar-refractivity contribution in [3.05, 3.63) is 53.9 Å². The van der Waals surface area contributed by atoms with Crippen LogP contribution in [0.5, 0.6) is 0 Å². The summed E-state index contributed by atoms with van der Waals surface area (Å²) >= 11 is 0. The van der Waals surface area contributed by atoms with Gasteiger partial charge in [0.1, 0.15) is 0 Å². The lowest BCUT2D eigenvalue weighted by atomic mass is 10.2. The fourth-order valence-electron chi connectivity index (χ4n) is 1.61. The van der Waals surface area contributed by atoms with E-state index in [-0.39, 0.29) is 0 Å². The summed E-state index contributed by atoms with van der Waals surface area (Å²) in [5, 5.41) is 6.51. The highest BCUT2D eigenvalue weighted by molar-refractivity contribution is 5.43. The van der Waals surface area contributed by atoms with Gasteiger partial charge in [0, 0.05) is 38.2 Å². The standard InChI is InChI=1S/C13H17N3/c1-14-13-4-2-11(3-5-13)8-16-10-12-6-7-15-9-12/h2-7,9,14-16H,8,10H2,1H3. The third-order valence-electron chi connectivity index (χ3n) is 2.56. The summed E-state index contributed by atoms with van der Waals surface area (Å²) in [5.74, 6) is 0. The predicted octanol–water partition coefficient (Wildman–Crippen LogP) is 2.35. The van der Waals surface area contributed by atoms with Gasteiger partial charge in [-0.15, -0.1) is 0 Å². The van der Waals surface area contributed by atoms with Gasteiger partial charge in [0.05, 0.1) is 0 Å². The van der Waals surface area contributed by atoms with Gasteiger partial charge in [-0.25, -0.2) is 0 Å². The first-order chi connectivity index (χ1) is 7.88. The van der Waals surface area contributed by atoms with E-state index in [0.29, 0.717) is 0 Å². The highest BCUT2D eigenvalue weighted by atomic mass is 14.9. The van der Waals surface area contributed by atoms with Gasteiger partial charge in [0.25, 0.3) is 0 Å². The first-order valence-corrected chi connectivity index (χ1v) is 5.47. The molecule has 84 valence electrons. The molecule has 2 rings (SSSR count). The molecule has 0 aliphatic carbocycles. The van der Waals surface area contributed by atoms with Crippen LogP contribution in [-0.2, 0) is 13.1 Å². The average Bonchev–Trinajstić information content (AvgIpc) is 2.83. The van der Waals surface area contributed by atoms with Crippen molar-refractivity contribution in [2.75, 3.05) is 12.4 Å². The van der Waals surface area contributed by atoms with Crippen LogP contribution in [0.15, 0.2) is 42.7 Å². The van der Waals surface area contributed by atoms with E-state index in [1.165, 1.54) is 11.1 Å². The Morgan fingerprint density at radius 3 is 2.38 bits per heavy atom. The molecule has 3 N–H and O–H groups in total. The summed E-state index contributed by atoms with van der Waals surface area (Å²) in [6, 6.07) is 10.5. The van der Waals surface area contributed by atoms with Gasteiger partial charge >= 0.3 is 0 Å². The van der Waals surface area contributed by atoms with Crippen molar-refractivity contribution in [1.29, 1.82) is 0 Å². The first kappa shape index (κ1) is 10.8. The Balaban J connectivity index is 1.81. The molecule has 0 aliphatic heterocycles. The van der Waals surface area contributed by atoms with Crippen LogP contribution in [0.2, 0.25) is 0 Å². The van der Waals surface area contributed by atoms with Crippen molar-refractivity contribution in [3.63, 3.8) is 0 Å². The lowest BCUT2D eigenvalue weighted by molar-refractivity contribution is 0.694. The maximum atomic E-state index is 3.40. The predicted molar refractivity (Wildman–Crippen MR) is 67.3 cm³/mol. The number of H-pyrrole nitrogens is 1. The zero-order valence-corrected chi connectivity index (χ0v) is 9.46. The minimum atomic E-state index is 0.898. The van der Waals surface area contributed by atoms with Gasteiger partial charge in [0.15, 0.2) is 0 Å². The minimum Gasteiger partial charge on any atom is -0.388 e. The van der Waals surface area contributed by atoms with Gasteiger partial charge in [-0.05, 0) is 29.3 Å². The molecule has 2 aromatic rings. The second-order valence-electron chi connectivity index (χ2n) is 3.77. The van der Waals surface area contributed by atoms with E-state index in [1.54, 1.807) is 0 Å². The van der Waals surface area contributed by atoms with Gasteiger partial charge in [-0.2, -0.15) is 0 Å². The van der Waals surface area contributed by atoms with Crippen molar-refractivity contribution in [1.82, 2.24) is 10.3 Å². The molecule has 0 amide bonds. The molecule has 3 heteroatoms. The van der Waals surface area contributed by atoms with Crippen LogP contribution in [0.3, 0.4) is 0 Å². The van der Waals surface area contributed by atoms with E-state index >= 15 is 0 Å². The molecule has 1 aromatic heterocycles. The summed E-state index contributed by atoms with van der Waals surface area (Å²) in [7, 11) is 1.93. The molecule has 0 bridgehead atoms. The molecular formula is C13H17N3. The Morgan fingerprint density at radius 2 is 1.75 bits per heavy atom. The molecule has 3 nitrogen and oxygen atoms in total. The zero-order valence-electron chi connectivity index (χ0n) is 9.46. The fourth-order valence-corrected chi connectivity index (χ4v) is 1.61. The molecule has 0 fully saturated rings.